The van der Waals surface area contributed by atoms with Crippen LogP contribution in [0.4, 0.5) is 17.5 Å². The fourth-order valence-corrected chi connectivity index (χ4v) is 4.15. The molecule has 9 heteroatoms. The molecule has 8 nitrogen and oxygen atoms in total. The molecule has 0 bridgehead atoms. The molecule has 1 saturated heterocycles. The van der Waals surface area contributed by atoms with Gasteiger partial charge in [-0.05, 0) is 54.9 Å². The Bertz CT molecular complexity index is 1240. The number of carboxylic acids is 1. The molecule has 0 spiro atoms. The van der Waals surface area contributed by atoms with Crippen LogP contribution in [0.3, 0.4) is 0 Å². The van der Waals surface area contributed by atoms with Crippen molar-refractivity contribution in [2.75, 3.05) is 56.9 Å². The zero-order chi connectivity index (χ0) is 25.5. The van der Waals surface area contributed by atoms with Crippen molar-refractivity contribution in [3.8, 4) is 11.1 Å². The SMILES string of the molecule is Cc1ccc(Nc2ncc(-c3cccc(C=CC(=O)O)c3)c(NCCN3CCN(C)CC3)n2)cc1Cl. The second-order valence-electron chi connectivity index (χ2n) is 8.91. The van der Waals surface area contributed by atoms with Crippen LogP contribution in [0, 0.1) is 6.92 Å². The van der Waals surface area contributed by atoms with Gasteiger partial charge in [-0.25, -0.2) is 9.78 Å². The first-order valence-corrected chi connectivity index (χ1v) is 12.3. The lowest BCUT2D eigenvalue weighted by atomic mass is 10.0. The summed E-state index contributed by atoms with van der Waals surface area (Å²) in [5, 5.41) is 16.4. The molecule has 3 aromatic rings. The van der Waals surface area contributed by atoms with Crippen LogP contribution < -0.4 is 10.6 Å². The van der Waals surface area contributed by atoms with Crippen molar-refractivity contribution >= 4 is 41.1 Å². The highest BCUT2D eigenvalue weighted by molar-refractivity contribution is 6.31. The highest BCUT2D eigenvalue weighted by atomic mass is 35.5. The second kappa shape index (κ2) is 12.0. The van der Waals surface area contributed by atoms with Crippen molar-refractivity contribution < 1.29 is 9.90 Å². The first-order valence-electron chi connectivity index (χ1n) is 11.9. The van der Waals surface area contributed by atoms with Gasteiger partial charge in [-0.15, -0.1) is 0 Å². The third-order valence-electron chi connectivity index (χ3n) is 6.15. The number of likely N-dealkylation sites (N-methyl/N-ethyl adjacent to an activating group) is 1. The Kier molecular flexibility index (Phi) is 8.53. The smallest absolute Gasteiger partial charge is 0.328 e. The first kappa shape index (κ1) is 25.6. The number of carbonyl (C=O) groups is 1. The normalized spacial score (nSPS) is 14.8. The summed E-state index contributed by atoms with van der Waals surface area (Å²) in [5.41, 5.74) is 4.33. The van der Waals surface area contributed by atoms with Crippen molar-refractivity contribution in [3.63, 3.8) is 0 Å². The Morgan fingerprint density at radius 3 is 2.72 bits per heavy atom. The maximum Gasteiger partial charge on any atom is 0.328 e. The molecule has 0 amide bonds. The van der Waals surface area contributed by atoms with Gasteiger partial charge in [-0.1, -0.05) is 35.9 Å². The van der Waals surface area contributed by atoms with Crippen LogP contribution in [0.5, 0.6) is 0 Å². The van der Waals surface area contributed by atoms with Crippen LogP contribution in [0.25, 0.3) is 17.2 Å². The number of hydrogen-bond donors (Lipinski definition) is 3. The van der Waals surface area contributed by atoms with Crippen LogP contribution in [0.1, 0.15) is 11.1 Å². The number of anilines is 3. The van der Waals surface area contributed by atoms with E-state index in [-0.39, 0.29) is 0 Å². The number of nitrogens with one attached hydrogen (secondary N) is 2. The largest absolute Gasteiger partial charge is 0.478 e. The summed E-state index contributed by atoms with van der Waals surface area (Å²) >= 11 is 6.28. The Balaban J connectivity index is 1.57. The van der Waals surface area contributed by atoms with Gasteiger partial charge < -0.3 is 20.6 Å². The minimum Gasteiger partial charge on any atom is -0.478 e. The third kappa shape index (κ3) is 7.04. The predicted molar refractivity (Wildman–Crippen MR) is 146 cm³/mol. The van der Waals surface area contributed by atoms with Crippen LogP contribution >= 0.6 is 11.6 Å². The molecule has 1 fully saturated rings. The third-order valence-corrected chi connectivity index (χ3v) is 6.56. The number of carboxylic acid groups (broad SMARTS) is 1. The summed E-state index contributed by atoms with van der Waals surface area (Å²) in [4.78, 5) is 25.0. The minimum absolute atomic E-state index is 0.461. The molecule has 0 saturated carbocycles. The number of benzene rings is 2. The fourth-order valence-electron chi connectivity index (χ4n) is 3.97. The van der Waals surface area contributed by atoms with E-state index in [9.17, 15) is 4.79 Å². The van der Waals surface area contributed by atoms with Gasteiger partial charge in [0.2, 0.25) is 5.95 Å². The van der Waals surface area contributed by atoms with E-state index >= 15 is 0 Å². The molecule has 188 valence electrons. The molecule has 3 N–H and O–H groups in total. The van der Waals surface area contributed by atoms with Gasteiger partial charge in [0.1, 0.15) is 5.82 Å². The summed E-state index contributed by atoms with van der Waals surface area (Å²) in [7, 11) is 2.15. The number of halogens is 1. The topological polar surface area (TPSA) is 93.6 Å². The fraction of sp³-hybridized carbons (Fsp3) is 0.296. The van der Waals surface area contributed by atoms with E-state index in [1.54, 1.807) is 12.3 Å². The van der Waals surface area contributed by atoms with Gasteiger partial charge >= 0.3 is 5.97 Å². The lowest BCUT2D eigenvalue weighted by Gasteiger charge is -2.32. The van der Waals surface area contributed by atoms with Gasteiger partial charge in [0.15, 0.2) is 0 Å². The zero-order valence-electron chi connectivity index (χ0n) is 20.5. The van der Waals surface area contributed by atoms with Gasteiger partial charge in [-0.2, -0.15) is 4.98 Å². The Labute approximate surface area is 216 Å². The molecule has 2 aromatic carbocycles. The number of aromatic nitrogens is 2. The van der Waals surface area contributed by atoms with E-state index in [1.807, 2.05) is 49.4 Å². The first-order chi connectivity index (χ1) is 17.4. The van der Waals surface area contributed by atoms with Crippen molar-refractivity contribution in [1.29, 1.82) is 0 Å². The second-order valence-corrected chi connectivity index (χ2v) is 9.32. The molecule has 0 atom stereocenters. The van der Waals surface area contributed by atoms with Crippen LogP contribution in [-0.2, 0) is 4.79 Å². The average Bonchev–Trinajstić information content (AvgIpc) is 2.86. The Morgan fingerprint density at radius 2 is 1.97 bits per heavy atom. The quantitative estimate of drug-likeness (QED) is 0.362. The standard InChI is InChI=1S/C27H31ClN6O2/c1-19-6-8-22(17-24(19)28)31-27-30-18-23(21-5-3-4-20(16-21)7-9-25(35)36)26(32-27)29-10-11-34-14-12-33(2)13-15-34/h3-9,16-18H,10-15H2,1-2H3,(H,35,36)(H2,29,30,31,32). The summed E-state index contributed by atoms with van der Waals surface area (Å²) < 4.78 is 0. The molecule has 0 unspecified atom stereocenters. The molecule has 0 radical (unpaired) electrons. The van der Waals surface area contributed by atoms with Crippen molar-refractivity contribution in [3.05, 3.63) is 70.9 Å². The van der Waals surface area contributed by atoms with Crippen molar-refractivity contribution in [1.82, 2.24) is 19.8 Å². The molecule has 36 heavy (non-hydrogen) atoms. The monoisotopic (exact) mass is 506 g/mol. The molecule has 1 aliphatic heterocycles. The van der Waals surface area contributed by atoms with E-state index in [2.05, 4.69) is 32.5 Å². The summed E-state index contributed by atoms with van der Waals surface area (Å²) in [6, 6.07) is 13.4. The Morgan fingerprint density at radius 1 is 1.17 bits per heavy atom. The summed E-state index contributed by atoms with van der Waals surface area (Å²) in [5.74, 6) is 0.184. The highest BCUT2D eigenvalue weighted by Gasteiger charge is 2.15. The van der Waals surface area contributed by atoms with E-state index < -0.39 is 5.97 Å². The van der Waals surface area contributed by atoms with Crippen LogP contribution in [0.2, 0.25) is 5.02 Å². The van der Waals surface area contributed by atoms with Crippen LogP contribution in [-0.4, -0.2) is 77.2 Å². The lowest BCUT2D eigenvalue weighted by molar-refractivity contribution is -0.131. The maximum atomic E-state index is 10.9. The van der Waals surface area contributed by atoms with Crippen LogP contribution in [0.15, 0.2) is 54.7 Å². The lowest BCUT2D eigenvalue weighted by Crippen LogP contribution is -2.45. The van der Waals surface area contributed by atoms with E-state index in [1.165, 1.54) is 0 Å². The van der Waals surface area contributed by atoms with Crippen molar-refractivity contribution in [2.24, 2.45) is 0 Å². The van der Waals surface area contributed by atoms with E-state index in [0.29, 0.717) is 16.8 Å². The minimum atomic E-state index is -0.985. The van der Waals surface area contributed by atoms with Gasteiger partial charge in [0, 0.05) is 67.8 Å². The van der Waals surface area contributed by atoms with E-state index in [4.69, 9.17) is 21.7 Å². The number of hydrogen-bond acceptors (Lipinski definition) is 7. The predicted octanol–water partition coefficient (Wildman–Crippen LogP) is 4.61. The molecule has 4 rings (SSSR count). The number of aryl methyl sites for hydroxylation is 1. The van der Waals surface area contributed by atoms with Gasteiger partial charge in [0.05, 0.1) is 0 Å². The maximum absolute atomic E-state index is 10.9. The number of aliphatic carboxylic acids is 1. The Hall–Kier alpha value is -3.46. The number of piperazine rings is 1. The molecular formula is C27H31ClN6O2. The zero-order valence-corrected chi connectivity index (χ0v) is 21.3. The van der Waals surface area contributed by atoms with E-state index in [0.717, 1.165) is 73.3 Å². The molecule has 0 aliphatic carbocycles. The number of rotatable bonds is 9. The number of nitrogens with zero attached hydrogens (tertiary/aromatic N) is 4. The van der Waals surface area contributed by atoms with Crippen molar-refractivity contribution in [2.45, 2.75) is 6.92 Å². The highest BCUT2D eigenvalue weighted by Crippen LogP contribution is 2.29. The summed E-state index contributed by atoms with van der Waals surface area (Å²) in [6.07, 6.45) is 4.48. The molecular weight excluding hydrogens is 476 g/mol. The molecule has 2 heterocycles. The molecule has 1 aliphatic rings. The molecule has 1 aromatic heterocycles. The van der Waals surface area contributed by atoms with Gasteiger partial charge in [0.25, 0.3) is 0 Å². The average molecular weight is 507 g/mol. The summed E-state index contributed by atoms with van der Waals surface area (Å²) in [6.45, 7) is 7.85. The van der Waals surface area contributed by atoms with Gasteiger partial charge in [-0.3, -0.25) is 4.90 Å².